The summed E-state index contributed by atoms with van der Waals surface area (Å²) in [4.78, 5) is 12.5. The number of methoxy groups -OCH3 is 2. The molecule has 0 heterocycles. The monoisotopic (exact) mass is 306 g/mol. The summed E-state index contributed by atoms with van der Waals surface area (Å²) < 4.78 is 10.6. The van der Waals surface area contributed by atoms with Crippen LogP contribution >= 0.6 is 0 Å². The Hall–Kier alpha value is -2.81. The smallest absolute Gasteiger partial charge is 0.189 e. The standard InChI is InChI=1S/C20H18O3/c1-22-18-12-16-11-15(20(21)17(16)13-19(18)23-2)10-6-9-14-7-4-3-5-8-14/h3-10,12-13H,11H2,1-2H3/b9-6+,15-10+. The number of carbonyl (C=O) groups excluding carboxylic acids is 1. The summed E-state index contributed by atoms with van der Waals surface area (Å²) in [5.41, 5.74) is 3.56. The van der Waals surface area contributed by atoms with Gasteiger partial charge in [-0.3, -0.25) is 4.79 Å². The van der Waals surface area contributed by atoms with Crippen molar-refractivity contribution in [3.05, 3.63) is 76.9 Å². The van der Waals surface area contributed by atoms with Crippen molar-refractivity contribution in [1.29, 1.82) is 0 Å². The second kappa shape index (κ2) is 6.53. The molecule has 23 heavy (non-hydrogen) atoms. The molecule has 116 valence electrons. The Morgan fingerprint density at radius 2 is 1.70 bits per heavy atom. The van der Waals surface area contributed by atoms with Gasteiger partial charge < -0.3 is 9.47 Å². The molecule has 3 heteroatoms. The molecule has 0 aromatic heterocycles. The molecule has 3 rings (SSSR count). The Morgan fingerprint density at radius 1 is 1.00 bits per heavy atom. The molecule has 0 aliphatic heterocycles. The zero-order valence-corrected chi connectivity index (χ0v) is 13.2. The summed E-state index contributed by atoms with van der Waals surface area (Å²) in [6.45, 7) is 0. The zero-order valence-electron chi connectivity index (χ0n) is 13.2. The lowest BCUT2D eigenvalue weighted by Gasteiger charge is -2.08. The maximum atomic E-state index is 12.5. The summed E-state index contributed by atoms with van der Waals surface area (Å²) in [6.07, 6.45) is 6.41. The minimum Gasteiger partial charge on any atom is -0.493 e. The SMILES string of the molecule is COc1cc2c(cc1OC)C(=O)/C(=C/C=C/c1ccccc1)C2. The van der Waals surface area contributed by atoms with E-state index >= 15 is 0 Å². The third-order valence-electron chi connectivity index (χ3n) is 3.91. The Morgan fingerprint density at radius 3 is 2.39 bits per heavy atom. The predicted octanol–water partition coefficient (Wildman–Crippen LogP) is 4.08. The predicted molar refractivity (Wildman–Crippen MR) is 91.1 cm³/mol. The number of allylic oxidation sites excluding steroid dienone is 3. The number of Topliss-reactive ketones (excluding diaryl/α,β-unsaturated/α-hetero) is 1. The van der Waals surface area contributed by atoms with Crippen LogP contribution in [0.15, 0.2) is 60.2 Å². The van der Waals surface area contributed by atoms with E-state index in [2.05, 4.69) is 0 Å². The fourth-order valence-electron chi connectivity index (χ4n) is 2.71. The molecule has 0 unspecified atom stereocenters. The summed E-state index contributed by atoms with van der Waals surface area (Å²) in [6, 6.07) is 13.6. The van der Waals surface area contributed by atoms with Crippen LogP contribution in [0, 0.1) is 0 Å². The van der Waals surface area contributed by atoms with E-state index in [9.17, 15) is 4.79 Å². The van der Waals surface area contributed by atoms with Gasteiger partial charge in [-0.15, -0.1) is 0 Å². The van der Waals surface area contributed by atoms with E-state index in [1.54, 1.807) is 20.3 Å². The molecular formula is C20H18O3. The van der Waals surface area contributed by atoms with Gasteiger partial charge in [0.15, 0.2) is 17.3 Å². The number of fused-ring (bicyclic) bond motifs is 1. The van der Waals surface area contributed by atoms with Crippen molar-refractivity contribution in [1.82, 2.24) is 0 Å². The van der Waals surface area contributed by atoms with Crippen LogP contribution in [0.4, 0.5) is 0 Å². The van der Waals surface area contributed by atoms with E-state index in [0.29, 0.717) is 23.5 Å². The van der Waals surface area contributed by atoms with E-state index in [1.165, 1.54) is 0 Å². The topological polar surface area (TPSA) is 35.5 Å². The zero-order chi connectivity index (χ0) is 16.2. The molecule has 0 radical (unpaired) electrons. The van der Waals surface area contributed by atoms with Gasteiger partial charge in [0, 0.05) is 17.6 Å². The highest BCUT2D eigenvalue weighted by Crippen LogP contribution is 2.36. The molecule has 2 aromatic carbocycles. The van der Waals surface area contributed by atoms with Crippen molar-refractivity contribution in [3.63, 3.8) is 0 Å². The molecule has 0 atom stereocenters. The normalized spacial score (nSPS) is 15.2. The van der Waals surface area contributed by atoms with Crippen LogP contribution in [-0.4, -0.2) is 20.0 Å². The van der Waals surface area contributed by atoms with Crippen LogP contribution in [0.1, 0.15) is 21.5 Å². The van der Waals surface area contributed by atoms with Crippen molar-refractivity contribution in [3.8, 4) is 11.5 Å². The molecule has 0 saturated carbocycles. The first-order valence-electron chi connectivity index (χ1n) is 7.45. The van der Waals surface area contributed by atoms with E-state index in [1.807, 2.05) is 54.6 Å². The van der Waals surface area contributed by atoms with Gasteiger partial charge in [-0.1, -0.05) is 48.6 Å². The van der Waals surface area contributed by atoms with Crippen LogP contribution < -0.4 is 9.47 Å². The van der Waals surface area contributed by atoms with E-state index in [4.69, 9.17) is 9.47 Å². The lowest BCUT2D eigenvalue weighted by atomic mass is 10.1. The Bertz CT molecular complexity index is 786. The number of ketones is 1. The summed E-state index contributed by atoms with van der Waals surface area (Å²) in [5.74, 6) is 1.29. The highest BCUT2D eigenvalue weighted by molar-refractivity contribution is 6.13. The summed E-state index contributed by atoms with van der Waals surface area (Å²) >= 11 is 0. The first kappa shape index (κ1) is 15.1. The quantitative estimate of drug-likeness (QED) is 0.798. The van der Waals surface area contributed by atoms with Crippen LogP contribution in [0.5, 0.6) is 11.5 Å². The number of ether oxygens (including phenoxy) is 2. The molecule has 0 spiro atoms. The van der Waals surface area contributed by atoms with Gasteiger partial charge in [-0.2, -0.15) is 0 Å². The van der Waals surface area contributed by atoms with Crippen LogP contribution in [0.3, 0.4) is 0 Å². The Balaban J connectivity index is 1.86. The fraction of sp³-hybridized carbons (Fsp3) is 0.150. The lowest BCUT2D eigenvalue weighted by Crippen LogP contribution is -1.97. The molecule has 0 N–H and O–H groups in total. The average molecular weight is 306 g/mol. The van der Waals surface area contributed by atoms with Gasteiger partial charge in [0.25, 0.3) is 0 Å². The molecule has 0 fully saturated rings. The minimum absolute atomic E-state index is 0.0543. The lowest BCUT2D eigenvalue weighted by molar-refractivity contribution is 0.103. The van der Waals surface area contributed by atoms with E-state index in [-0.39, 0.29) is 5.78 Å². The van der Waals surface area contributed by atoms with Crippen molar-refractivity contribution in [2.24, 2.45) is 0 Å². The first-order chi connectivity index (χ1) is 11.2. The van der Waals surface area contributed by atoms with Crippen LogP contribution in [0.2, 0.25) is 0 Å². The second-order valence-corrected chi connectivity index (χ2v) is 5.33. The highest BCUT2D eigenvalue weighted by atomic mass is 16.5. The number of hydrogen-bond donors (Lipinski definition) is 0. The number of carbonyl (C=O) groups is 1. The highest BCUT2D eigenvalue weighted by Gasteiger charge is 2.26. The molecule has 0 amide bonds. The number of benzene rings is 2. The molecule has 1 aliphatic carbocycles. The third kappa shape index (κ3) is 3.04. The van der Waals surface area contributed by atoms with Crippen molar-refractivity contribution in [2.75, 3.05) is 14.2 Å². The average Bonchev–Trinajstić information content (AvgIpc) is 2.90. The molecular weight excluding hydrogens is 288 g/mol. The van der Waals surface area contributed by atoms with Crippen LogP contribution in [-0.2, 0) is 6.42 Å². The second-order valence-electron chi connectivity index (χ2n) is 5.33. The summed E-state index contributed by atoms with van der Waals surface area (Å²) in [5, 5.41) is 0. The van der Waals surface area contributed by atoms with Crippen molar-refractivity contribution < 1.29 is 14.3 Å². The molecule has 1 aliphatic rings. The summed E-state index contributed by atoms with van der Waals surface area (Å²) in [7, 11) is 3.17. The molecule has 0 bridgehead atoms. The number of hydrogen-bond acceptors (Lipinski definition) is 3. The van der Waals surface area contributed by atoms with Crippen molar-refractivity contribution in [2.45, 2.75) is 6.42 Å². The fourth-order valence-corrected chi connectivity index (χ4v) is 2.71. The van der Waals surface area contributed by atoms with E-state index < -0.39 is 0 Å². The number of rotatable bonds is 4. The van der Waals surface area contributed by atoms with Gasteiger partial charge in [0.1, 0.15) is 0 Å². The van der Waals surface area contributed by atoms with Crippen LogP contribution in [0.25, 0.3) is 6.08 Å². The maximum absolute atomic E-state index is 12.5. The maximum Gasteiger partial charge on any atom is 0.189 e. The Labute approximate surface area is 135 Å². The van der Waals surface area contributed by atoms with Gasteiger partial charge >= 0.3 is 0 Å². The molecule has 2 aromatic rings. The molecule has 3 nitrogen and oxygen atoms in total. The van der Waals surface area contributed by atoms with Gasteiger partial charge in [-0.25, -0.2) is 0 Å². The minimum atomic E-state index is 0.0543. The van der Waals surface area contributed by atoms with Gasteiger partial charge in [-0.05, 0) is 23.3 Å². The Kier molecular flexibility index (Phi) is 4.29. The molecule has 0 saturated heterocycles. The van der Waals surface area contributed by atoms with E-state index in [0.717, 1.165) is 16.7 Å². The van der Waals surface area contributed by atoms with Crippen molar-refractivity contribution >= 4 is 11.9 Å². The van der Waals surface area contributed by atoms with Gasteiger partial charge in [0.05, 0.1) is 14.2 Å². The first-order valence-corrected chi connectivity index (χ1v) is 7.45. The van der Waals surface area contributed by atoms with Gasteiger partial charge in [0.2, 0.25) is 0 Å². The third-order valence-corrected chi connectivity index (χ3v) is 3.91. The largest absolute Gasteiger partial charge is 0.493 e.